The molecule has 0 N–H and O–H groups in total. The molecule has 0 aliphatic carbocycles. The van der Waals surface area contributed by atoms with Crippen molar-refractivity contribution >= 4 is 17.7 Å². The van der Waals surface area contributed by atoms with Gasteiger partial charge in [0, 0.05) is 10.1 Å². The Morgan fingerprint density at radius 3 is 2.00 bits per heavy atom. The van der Waals surface area contributed by atoms with Gasteiger partial charge in [-0.3, -0.25) is 4.79 Å². The van der Waals surface area contributed by atoms with Gasteiger partial charge in [-0.1, -0.05) is 42.5 Å². The number of halogens is 6. The second-order valence-electron chi connectivity index (χ2n) is 5.93. The molecule has 0 aromatic heterocycles. The maximum Gasteiger partial charge on any atom is 0.434 e. The number of rotatable bonds is 6. The van der Waals surface area contributed by atoms with Crippen LogP contribution in [0.2, 0.25) is 0 Å². The molecule has 2 nitrogen and oxygen atoms in total. The Hall–Kier alpha value is -2.16. The van der Waals surface area contributed by atoms with Crippen LogP contribution in [0.1, 0.15) is 22.8 Å². The highest BCUT2D eigenvalue weighted by Crippen LogP contribution is 2.41. The Balaban J connectivity index is 2.24. The van der Waals surface area contributed by atoms with Gasteiger partial charge in [0.25, 0.3) is 6.10 Å². The fraction of sp³-hybridized carbons (Fsp3) is 0.316. The molecule has 0 unspecified atom stereocenters. The molecular formula is C19H16F6O2S. The smallest absolute Gasteiger partial charge is 0.434 e. The lowest BCUT2D eigenvalue weighted by Gasteiger charge is -2.24. The monoisotopic (exact) mass is 422 g/mol. The molecule has 0 saturated heterocycles. The molecule has 2 aromatic carbocycles. The molecule has 28 heavy (non-hydrogen) atoms. The van der Waals surface area contributed by atoms with Crippen molar-refractivity contribution in [2.75, 3.05) is 0 Å². The Morgan fingerprint density at radius 1 is 0.929 bits per heavy atom. The normalized spacial score (nSPS) is 13.4. The molecule has 0 fully saturated rings. The van der Waals surface area contributed by atoms with Crippen molar-refractivity contribution in [1.82, 2.24) is 0 Å². The minimum Gasteiger partial charge on any atom is -0.443 e. The molecular weight excluding hydrogens is 406 g/mol. The fourth-order valence-corrected chi connectivity index (χ4v) is 3.73. The number of ether oxygens (including phenoxy) is 1. The Labute approximate surface area is 161 Å². The Bertz CT molecular complexity index is 775. The summed E-state index contributed by atoms with van der Waals surface area (Å²) in [5.41, 5.74) is 1.38. The van der Waals surface area contributed by atoms with Gasteiger partial charge in [-0.15, -0.1) is 11.8 Å². The number of thioether (sulfide) groups is 1. The number of hydrogen-bond acceptors (Lipinski definition) is 3. The number of alkyl halides is 6. The number of aryl methyl sites for hydroxylation is 1. The Morgan fingerprint density at radius 2 is 1.46 bits per heavy atom. The van der Waals surface area contributed by atoms with E-state index in [9.17, 15) is 31.1 Å². The summed E-state index contributed by atoms with van der Waals surface area (Å²) in [5.74, 6) is -1.57. The second-order valence-corrected chi connectivity index (χ2v) is 7.21. The lowest BCUT2D eigenvalue weighted by Crippen LogP contribution is -2.45. The van der Waals surface area contributed by atoms with E-state index in [4.69, 9.17) is 0 Å². The lowest BCUT2D eigenvalue weighted by molar-refractivity contribution is -0.313. The van der Waals surface area contributed by atoms with Gasteiger partial charge >= 0.3 is 18.3 Å². The second kappa shape index (κ2) is 8.89. The van der Waals surface area contributed by atoms with E-state index in [0.717, 1.165) is 17.3 Å². The van der Waals surface area contributed by atoms with Crippen LogP contribution in [0.3, 0.4) is 0 Å². The molecule has 2 rings (SSSR count). The van der Waals surface area contributed by atoms with Gasteiger partial charge < -0.3 is 4.74 Å². The molecule has 0 heterocycles. The van der Waals surface area contributed by atoms with Crippen molar-refractivity contribution < 1.29 is 35.9 Å². The van der Waals surface area contributed by atoms with Crippen LogP contribution in [-0.4, -0.2) is 24.4 Å². The van der Waals surface area contributed by atoms with Crippen LogP contribution < -0.4 is 0 Å². The van der Waals surface area contributed by atoms with Crippen LogP contribution in [0.25, 0.3) is 0 Å². The van der Waals surface area contributed by atoms with E-state index in [0.29, 0.717) is 10.5 Å². The maximum absolute atomic E-state index is 12.6. The van der Waals surface area contributed by atoms with Crippen molar-refractivity contribution in [1.29, 1.82) is 0 Å². The molecule has 0 radical (unpaired) electrons. The topological polar surface area (TPSA) is 26.3 Å². The van der Waals surface area contributed by atoms with Crippen LogP contribution in [0.15, 0.2) is 59.5 Å². The summed E-state index contributed by atoms with van der Waals surface area (Å²) in [6, 6.07) is 15.5. The zero-order valence-corrected chi connectivity index (χ0v) is 15.4. The van der Waals surface area contributed by atoms with Crippen molar-refractivity contribution in [3.05, 3.63) is 65.7 Å². The summed E-state index contributed by atoms with van der Waals surface area (Å²) in [6.07, 6.45) is -16.3. The molecule has 0 aliphatic heterocycles. The van der Waals surface area contributed by atoms with Gasteiger partial charge in [-0.2, -0.15) is 26.3 Å². The van der Waals surface area contributed by atoms with Gasteiger partial charge in [-0.25, -0.2) is 0 Å². The van der Waals surface area contributed by atoms with E-state index in [1.807, 2.05) is 0 Å². The molecule has 0 bridgehead atoms. The molecule has 1 atom stereocenters. The molecule has 0 saturated carbocycles. The minimum absolute atomic E-state index is 0.629. The molecule has 0 aliphatic rings. The van der Waals surface area contributed by atoms with Gasteiger partial charge in [-0.05, 0) is 30.2 Å². The van der Waals surface area contributed by atoms with Gasteiger partial charge in [0.2, 0.25) is 0 Å². The van der Waals surface area contributed by atoms with Gasteiger partial charge in [0.05, 0.1) is 6.42 Å². The molecule has 0 spiro atoms. The van der Waals surface area contributed by atoms with E-state index in [1.54, 1.807) is 61.5 Å². The maximum atomic E-state index is 12.6. The average molecular weight is 422 g/mol. The van der Waals surface area contributed by atoms with Crippen LogP contribution >= 0.6 is 11.8 Å². The summed E-state index contributed by atoms with van der Waals surface area (Å²) in [4.78, 5) is 12.7. The molecule has 0 amide bonds. The van der Waals surface area contributed by atoms with Crippen molar-refractivity contribution in [3.63, 3.8) is 0 Å². The van der Waals surface area contributed by atoms with E-state index in [-0.39, 0.29) is 0 Å². The summed E-state index contributed by atoms with van der Waals surface area (Å²) >= 11 is 1.16. The van der Waals surface area contributed by atoms with E-state index in [1.165, 1.54) is 0 Å². The lowest BCUT2D eigenvalue weighted by atomic mass is 10.0. The summed E-state index contributed by atoms with van der Waals surface area (Å²) in [5, 5.41) is -0.710. The summed E-state index contributed by atoms with van der Waals surface area (Å²) in [6.45, 7) is 1.74. The number of carbonyl (C=O) groups is 1. The number of hydrogen-bond donors (Lipinski definition) is 0. The third-order valence-electron chi connectivity index (χ3n) is 3.75. The predicted octanol–water partition coefficient (Wildman–Crippen LogP) is 6.25. The SMILES string of the molecule is Cc1ccccc1[C@H](CC(=O)OC(C(F)(F)F)C(F)(F)F)Sc1ccccc1. The minimum atomic E-state index is -5.74. The van der Waals surface area contributed by atoms with Crippen LogP contribution in [0, 0.1) is 6.92 Å². The van der Waals surface area contributed by atoms with Crippen molar-refractivity contribution in [2.45, 2.75) is 41.9 Å². The van der Waals surface area contributed by atoms with E-state index < -0.39 is 36.1 Å². The number of carbonyl (C=O) groups excluding carboxylic acids is 1. The first-order valence-electron chi connectivity index (χ1n) is 8.08. The van der Waals surface area contributed by atoms with Crippen molar-refractivity contribution in [3.8, 4) is 0 Å². The standard InChI is InChI=1S/C19H16F6O2S/c1-12-7-5-6-10-14(12)15(28-13-8-3-2-4-9-13)11-16(26)27-17(18(20,21)22)19(23,24)25/h2-10,15,17H,11H2,1H3/t15-/m0/s1. The highest BCUT2D eigenvalue weighted by atomic mass is 32.2. The number of benzene rings is 2. The van der Waals surface area contributed by atoms with E-state index >= 15 is 0 Å². The third kappa shape index (κ3) is 6.19. The molecule has 152 valence electrons. The third-order valence-corrected chi connectivity index (χ3v) is 5.00. The first-order valence-corrected chi connectivity index (χ1v) is 8.96. The fourth-order valence-electron chi connectivity index (χ4n) is 2.48. The molecule has 9 heteroatoms. The zero-order valence-electron chi connectivity index (χ0n) is 14.6. The number of esters is 1. The first-order chi connectivity index (χ1) is 13.0. The quantitative estimate of drug-likeness (QED) is 0.313. The van der Waals surface area contributed by atoms with Gasteiger partial charge in [0.1, 0.15) is 0 Å². The van der Waals surface area contributed by atoms with E-state index in [2.05, 4.69) is 4.74 Å². The first kappa shape index (κ1) is 22.1. The van der Waals surface area contributed by atoms with Crippen LogP contribution in [-0.2, 0) is 9.53 Å². The Kier molecular flexibility index (Phi) is 7.03. The predicted molar refractivity (Wildman–Crippen MR) is 92.8 cm³/mol. The summed E-state index contributed by atoms with van der Waals surface area (Å²) < 4.78 is 79.7. The van der Waals surface area contributed by atoms with Crippen LogP contribution in [0.5, 0.6) is 0 Å². The van der Waals surface area contributed by atoms with Crippen molar-refractivity contribution in [2.24, 2.45) is 0 Å². The highest BCUT2D eigenvalue weighted by Gasteiger charge is 2.59. The van der Waals surface area contributed by atoms with Gasteiger partial charge in [0.15, 0.2) is 0 Å². The zero-order chi connectivity index (χ0) is 20.9. The highest BCUT2D eigenvalue weighted by molar-refractivity contribution is 7.99. The average Bonchev–Trinajstić information content (AvgIpc) is 2.58. The van der Waals surface area contributed by atoms with Crippen LogP contribution in [0.4, 0.5) is 26.3 Å². The largest absolute Gasteiger partial charge is 0.443 e. The molecule has 2 aromatic rings. The summed E-state index contributed by atoms with van der Waals surface area (Å²) in [7, 11) is 0.